The molecule has 1 atom stereocenters. The molecule has 0 aliphatic carbocycles. The van der Waals surface area contributed by atoms with Gasteiger partial charge in [0, 0.05) is 12.4 Å². The van der Waals surface area contributed by atoms with Crippen LogP contribution in [-0.2, 0) is 0 Å². The standard InChI is InChI=1S/C13H17N3OS/c1-3-5-14-11(10-4-8-18-9-10)12-13(17-2)16-7-6-15-12/h4,6-9,11,14H,3,5H2,1-2H3. The van der Waals surface area contributed by atoms with E-state index in [9.17, 15) is 0 Å². The smallest absolute Gasteiger partial charge is 0.237 e. The van der Waals surface area contributed by atoms with Crippen LogP contribution in [0.5, 0.6) is 5.88 Å². The normalized spacial score (nSPS) is 12.3. The predicted molar refractivity (Wildman–Crippen MR) is 73.0 cm³/mol. The molecular weight excluding hydrogens is 246 g/mol. The summed E-state index contributed by atoms with van der Waals surface area (Å²) in [6.45, 7) is 3.08. The Morgan fingerprint density at radius 3 is 2.89 bits per heavy atom. The summed E-state index contributed by atoms with van der Waals surface area (Å²) in [5.74, 6) is 0.581. The van der Waals surface area contributed by atoms with Crippen LogP contribution in [0.3, 0.4) is 0 Å². The molecule has 0 aliphatic rings. The molecule has 2 rings (SSSR count). The molecule has 0 spiro atoms. The molecule has 0 amide bonds. The molecule has 2 aromatic heterocycles. The third-order valence-electron chi connectivity index (χ3n) is 2.63. The van der Waals surface area contributed by atoms with Gasteiger partial charge < -0.3 is 10.1 Å². The van der Waals surface area contributed by atoms with Crippen molar-refractivity contribution in [3.63, 3.8) is 0 Å². The molecule has 0 fully saturated rings. The van der Waals surface area contributed by atoms with Crippen LogP contribution in [0.2, 0.25) is 0 Å². The highest BCUT2D eigenvalue weighted by atomic mass is 32.1. The van der Waals surface area contributed by atoms with Crippen LogP contribution in [0.15, 0.2) is 29.2 Å². The lowest BCUT2D eigenvalue weighted by Crippen LogP contribution is -2.24. The van der Waals surface area contributed by atoms with E-state index in [1.807, 2.05) is 0 Å². The van der Waals surface area contributed by atoms with Gasteiger partial charge >= 0.3 is 0 Å². The first-order chi connectivity index (χ1) is 8.86. The lowest BCUT2D eigenvalue weighted by molar-refractivity contribution is 0.382. The first-order valence-electron chi connectivity index (χ1n) is 5.97. The number of hydrogen-bond donors (Lipinski definition) is 1. The quantitative estimate of drug-likeness (QED) is 0.870. The van der Waals surface area contributed by atoms with Gasteiger partial charge in [-0.2, -0.15) is 11.3 Å². The van der Waals surface area contributed by atoms with Crippen molar-refractivity contribution in [3.05, 3.63) is 40.5 Å². The fourth-order valence-electron chi connectivity index (χ4n) is 1.79. The molecule has 4 nitrogen and oxygen atoms in total. The summed E-state index contributed by atoms with van der Waals surface area (Å²) in [5, 5.41) is 7.68. The minimum absolute atomic E-state index is 0.0415. The van der Waals surface area contributed by atoms with Crippen molar-refractivity contribution in [2.45, 2.75) is 19.4 Å². The maximum absolute atomic E-state index is 5.29. The summed E-state index contributed by atoms with van der Waals surface area (Å²) in [5.41, 5.74) is 2.04. The Hall–Kier alpha value is -1.46. The highest BCUT2D eigenvalue weighted by molar-refractivity contribution is 7.08. The molecule has 0 aliphatic heterocycles. The molecule has 18 heavy (non-hydrogen) atoms. The Labute approximate surface area is 111 Å². The molecule has 0 aromatic carbocycles. The SMILES string of the molecule is CCCNC(c1ccsc1)c1nccnc1OC. The first kappa shape index (κ1) is 13.0. The van der Waals surface area contributed by atoms with Crippen molar-refractivity contribution < 1.29 is 4.74 Å². The van der Waals surface area contributed by atoms with Crippen LogP contribution < -0.4 is 10.1 Å². The van der Waals surface area contributed by atoms with Crippen LogP contribution >= 0.6 is 11.3 Å². The van der Waals surface area contributed by atoms with Crippen LogP contribution in [0.4, 0.5) is 0 Å². The zero-order valence-corrected chi connectivity index (χ0v) is 11.4. The molecule has 2 heterocycles. The second-order valence-corrected chi connectivity index (χ2v) is 4.67. The van der Waals surface area contributed by atoms with Crippen molar-refractivity contribution in [2.24, 2.45) is 0 Å². The van der Waals surface area contributed by atoms with Gasteiger partial charge in [0.25, 0.3) is 0 Å². The third kappa shape index (κ3) is 2.86. The average molecular weight is 263 g/mol. The number of methoxy groups -OCH3 is 1. The molecule has 96 valence electrons. The van der Waals surface area contributed by atoms with Crippen molar-refractivity contribution >= 4 is 11.3 Å². The molecule has 0 bridgehead atoms. The minimum Gasteiger partial charge on any atom is -0.480 e. The number of ether oxygens (including phenoxy) is 1. The molecule has 1 N–H and O–H groups in total. The average Bonchev–Trinajstić information content (AvgIpc) is 2.94. The van der Waals surface area contributed by atoms with E-state index in [4.69, 9.17) is 4.74 Å². The fraction of sp³-hybridized carbons (Fsp3) is 0.385. The van der Waals surface area contributed by atoms with E-state index in [1.165, 1.54) is 5.56 Å². The monoisotopic (exact) mass is 263 g/mol. The van der Waals surface area contributed by atoms with Crippen molar-refractivity contribution in [1.29, 1.82) is 0 Å². The lowest BCUT2D eigenvalue weighted by atomic mass is 10.1. The molecule has 0 saturated heterocycles. The maximum atomic E-state index is 5.29. The number of nitrogens with zero attached hydrogens (tertiary/aromatic N) is 2. The molecule has 5 heteroatoms. The van der Waals surface area contributed by atoms with E-state index < -0.39 is 0 Å². The second-order valence-electron chi connectivity index (χ2n) is 3.89. The summed E-state index contributed by atoms with van der Waals surface area (Å²) in [6.07, 6.45) is 4.42. The number of aromatic nitrogens is 2. The summed E-state index contributed by atoms with van der Waals surface area (Å²) in [6, 6.07) is 2.14. The lowest BCUT2D eigenvalue weighted by Gasteiger charge is -2.18. The summed E-state index contributed by atoms with van der Waals surface area (Å²) in [4.78, 5) is 8.63. The highest BCUT2D eigenvalue weighted by Gasteiger charge is 2.20. The zero-order chi connectivity index (χ0) is 12.8. The predicted octanol–water partition coefficient (Wildman–Crippen LogP) is 2.64. The van der Waals surface area contributed by atoms with Crippen LogP contribution in [-0.4, -0.2) is 23.6 Å². The zero-order valence-electron chi connectivity index (χ0n) is 10.6. The summed E-state index contributed by atoms with van der Waals surface area (Å²) >= 11 is 1.68. The summed E-state index contributed by atoms with van der Waals surface area (Å²) < 4.78 is 5.29. The van der Waals surface area contributed by atoms with Gasteiger partial charge in [0.15, 0.2) is 0 Å². The molecule has 1 unspecified atom stereocenters. The van der Waals surface area contributed by atoms with E-state index in [0.717, 1.165) is 18.7 Å². The highest BCUT2D eigenvalue weighted by Crippen LogP contribution is 2.27. The topological polar surface area (TPSA) is 47.0 Å². The number of thiophene rings is 1. The van der Waals surface area contributed by atoms with E-state index in [0.29, 0.717) is 5.88 Å². The Bertz CT molecular complexity index is 473. The Balaban J connectivity index is 2.33. The Kier molecular flexibility index (Phi) is 4.66. The van der Waals surface area contributed by atoms with Gasteiger partial charge in [0.05, 0.1) is 13.2 Å². The van der Waals surface area contributed by atoms with Gasteiger partial charge in [-0.3, -0.25) is 4.98 Å². The minimum atomic E-state index is 0.0415. The van der Waals surface area contributed by atoms with Gasteiger partial charge in [-0.25, -0.2) is 4.98 Å². The third-order valence-corrected chi connectivity index (χ3v) is 3.33. The number of rotatable bonds is 6. The van der Waals surface area contributed by atoms with Crippen LogP contribution in [0, 0.1) is 0 Å². The van der Waals surface area contributed by atoms with Crippen molar-refractivity contribution in [3.8, 4) is 5.88 Å². The molecule has 0 saturated carbocycles. The molecule has 2 aromatic rings. The largest absolute Gasteiger partial charge is 0.480 e. The first-order valence-corrected chi connectivity index (χ1v) is 6.91. The van der Waals surface area contributed by atoms with Gasteiger partial charge in [0.1, 0.15) is 5.69 Å². The van der Waals surface area contributed by atoms with Gasteiger partial charge in [0.2, 0.25) is 5.88 Å². The maximum Gasteiger partial charge on any atom is 0.237 e. The van der Waals surface area contributed by atoms with E-state index >= 15 is 0 Å². The van der Waals surface area contributed by atoms with Crippen molar-refractivity contribution in [1.82, 2.24) is 15.3 Å². The fourth-order valence-corrected chi connectivity index (χ4v) is 2.48. The number of nitrogens with one attached hydrogen (secondary N) is 1. The van der Waals surface area contributed by atoms with E-state index in [-0.39, 0.29) is 6.04 Å². The molecular formula is C13H17N3OS. The van der Waals surface area contributed by atoms with Gasteiger partial charge in [-0.05, 0) is 35.4 Å². The number of hydrogen-bond acceptors (Lipinski definition) is 5. The van der Waals surface area contributed by atoms with Gasteiger partial charge in [-0.1, -0.05) is 6.92 Å². The second kappa shape index (κ2) is 6.47. The van der Waals surface area contributed by atoms with E-state index in [2.05, 4.69) is 39.0 Å². The summed E-state index contributed by atoms with van der Waals surface area (Å²) in [7, 11) is 1.62. The Morgan fingerprint density at radius 2 is 2.22 bits per heavy atom. The van der Waals surface area contributed by atoms with Crippen molar-refractivity contribution in [2.75, 3.05) is 13.7 Å². The van der Waals surface area contributed by atoms with Gasteiger partial charge in [-0.15, -0.1) is 0 Å². The van der Waals surface area contributed by atoms with Crippen LogP contribution in [0.1, 0.15) is 30.6 Å². The molecule has 0 radical (unpaired) electrons. The van der Waals surface area contributed by atoms with Crippen LogP contribution in [0.25, 0.3) is 0 Å². The Morgan fingerprint density at radius 1 is 1.39 bits per heavy atom. The van der Waals surface area contributed by atoms with E-state index in [1.54, 1.807) is 30.8 Å².